The first kappa shape index (κ1) is 14.3. The van der Waals surface area contributed by atoms with Crippen LogP contribution in [0.1, 0.15) is 23.2 Å². The Morgan fingerprint density at radius 3 is 2.70 bits per heavy atom. The van der Waals surface area contributed by atoms with Crippen molar-refractivity contribution in [3.8, 4) is 0 Å². The number of hydrogen-bond acceptors (Lipinski definition) is 4. The van der Waals surface area contributed by atoms with Crippen LogP contribution >= 0.6 is 0 Å². The van der Waals surface area contributed by atoms with E-state index in [1.54, 1.807) is 0 Å². The molecule has 20 heavy (non-hydrogen) atoms. The quantitative estimate of drug-likeness (QED) is 0.630. The Morgan fingerprint density at radius 1 is 1.50 bits per heavy atom. The van der Waals surface area contributed by atoms with Gasteiger partial charge in [-0.25, -0.2) is 4.39 Å². The van der Waals surface area contributed by atoms with E-state index in [9.17, 15) is 23.7 Å². The number of carbonyl (C=O) groups excluding carboxylic acids is 1. The maximum atomic E-state index is 13.7. The number of halogens is 2. The monoisotopic (exact) mass is 285 g/mol. The Morgan fingerprint density at radius 2 is 2.15 bits per heavy atom. The molecule has 1 atom stereocenters. The van der Waals surface area contributed by atoms with E-state index in [2.05, 4.69) is 5.32 Å². The lowest BCUT2D eigenvalue weighted by Crippen LogP contribution is -2.38. The van der Waals surface area contributed by atoms with Gasteiger partial charge in [-0.3, -0.25) is 14.9 Å². The average Bonchev–Trinajstić information content (AvgIpc) is 3.21. The van der Waals surface area contributed by atoms with Crippen LogP contribution in [0.4, 0.5) is 14.5 Å². The van der Waals surface area contributed by atoms with Crippen molar-refractivity contribution in [3.05, 3.63) is 39.4 Å². The summed E-state index contributed by atoms with van der Waals surface area (Å²) in [4.78, 5) is 21.2. The molecule has 2 rings (SSSR count). The molecule has 108 valence electrons. The molecule has 0 heterocycles. The van der Waals surface area contributed by atoms with Crippen molar-refractivity contribution < 1.29 is 18.5 Å². The standard InChI is InChI=1S/C12H13F2N3O3/c13-7-3-8(11(14)10(4-7)17(19)20)12(18)16-5-9(15)6-1-2-6/h3-4,6,9H,1-2,5,15H2,(H,16,18). The Kier molecular flexibility index (Phi) is 3.93. The zero-order chi connectivity index (χ0) is 14.9. The van der Waals surface area contributed by atoms with E-state index in [0.29, 0.717) is 18.1 Å². The SMILES string of the molecule is NC(CNC(=O)c1cc(F)cc([N+](=O)[O-])c1F)C1CC1. The number of nitrogens with one attached hydrogen (secondary N) is 1. The van der Waals surface area contributed by atoms with Gasteiger partial charge in [-0.15, -0.1) is 0 Å². The van der Waals surface area contributed by atoms with Gasteiger partial charge in [-0.05, 0) is 24.8 Å². The molecule has 1 aliphatic carbocycles. The van der Waals surface area contributed by atoms with Gasteiger partial charge in [0.15, 0.2) is 0 Å². The lowest BCUT2D eigenvalue weighted by molar-refractivity contribution is -0.387. The molecule has 0 aromatic heterocycles. The molecular weight excluding hydrogens is 272 g/mol. The third-order valence-corrected chi connectivity index (χ3v) is 3.19. The number of nitro groups is 1. The van der Waals surface area contributed by atoms with E-state index in [-0.39, 0.29) is 12.6 Å². The summed E-state index contributed by atoms with van der Waals surface area (Å²) >= 11 is 0. The summed E-state index contributed by atoms with van der Waals surface area (Å²) in [6.07, 6.45) is 1.97. The fraction of sp³-hybridized carbons (Fsp3) is 0.417. The van der Waals surface area contributed by atoms with E-state index >= 15 is 0 Å². The fourth-order valence-electron chi connectivity index (χ4n) is 1.87. The second-order valence-corrected chi connectivity index (χ2v) is 4.75. The van der Waals surface area contributed by atoms with Crippen LogP contribution in [-0.4, -0.2) is 23.4 Å². The second kappa shape index (κ2) is 5.49. The van der Waals surface area contributed by atoms with Crippen molar-refractivity contribution in [1.29, 1.82) is 0 Å². The normalized spacial score (nSPS) is 15.8. The number of benzene rings is 1. The minimum atomic E-state index is -1.35. The van der Waals surface area contributed by atoms with Crippen molar-refractivity contribution in [3.63, 3.8) is 0 Å². The molecule has 6 nitrogen and oxygen atoms in total. The fourth-order valence-corrected chi connectivity index (χ4v) is 1.87. The largest absolute Gasteiger partial charge is 0.350 e. The van der Waals surface area contributed by atoms with Gasteiger partial charge < -0.3 is 11.1 Å². The van der Waals surface area contributed by atoms with Crippen LogP contribution in [0.15, 0.2) is 12.1 Å². The maximum Gasteiger partial charge on any atom is 0.308 e. The van der Waals surface area contributed by atoms with Crippen LogP contribution in [0.2, 0.25) is 0 Å². The van der Waals surface area contributed by atoms with Crippen LogP contribution in [0, 0.1) is 27.7 Å². The number of carbonyl (C=O) groups is 1. The first-order chi connectivity index (χ1) is 9.40. The van der Waals surface area contributed by atoms with E-state index in [0.717, 1.165) is 12.8 Å². The molecule has 8 heteroatoms. The lowest BCUT2D eigenvalue weighted by Gasteiger charge is -2.12. The predicted molar refractivity (Wildman–Crippen MR) is 66.0 cm³/mol. The van der Waals surface area contributed by atoms with Crippen LogP contribution in [0.25, 0.3) is 0 Å². The van der Waals surface area contributed by atoms with E-state index in [1.807, 2.05) is 0 Å². The van der Waals surface area contributed by atoms with Crippen LogP contribution in [0.3, 0.4) is 0 Å². The van der Waals surface area contributed by atoms with Gasteiger partial charge in [0.05, 0.1) is 16.6 Å². The zero-order valence-corrected chi connectivity index (χ0v) is 10.4. The molecule has 0 spiro atoms. The average molecular weight is 285 g/mol. The number of nitrogens with two attached hydrogens (primary N) is 1. The summed E-state index contributed by atoms with van der Waals surface area (Å²) in [5, 5.41) is 12.9. The topological polar surface area (TPSA) is 98.3 Å². The molecule has 1 unspecified atom stereocenters. The molecule has 1 saturated carbocycles. The van der Waals surface area contributed by atoms with Gasteiger partial charge in [0.2, 0.25) is 5.82 Å². The number of nitro benzene ring substituents is 1. The minimum absolute atomic E-state index is 0.118. The van der Waals surface area contributed by atoms with Crippen molar-refractivity contribution in [2.45, 2.75) is 18.9 Å². The lowest BCUT2D eigenvalue weighted by atomic mass is 10.1. The molecule has 1 aromatic rings. The smallest absolute Gasteiger partial charge is 0.308 e. The Balaban J connectivity index is 2.14. The first-order valence-corrected chi connectivity index (χ1v) is 6.07. The third kappa shape index (κ3) is 3.08. The molecule has 0 bridgehead atoms. The molecule has 3 N–H and O–H groups in total. The summed E-state index contributed by atoms with van der Waals surface area (Å²) in [6.45, 7) is 0.118. The Bertz CT molecular complexity index is 561. The molecule has 1 amide bonds. The molecular formula is C12H13F2N3O3. The first-order valence-electron chi connectivity index (χ1n) is 6.07. The number of hydrogen-bond donors (Lipinski definition) is 2. The number of rotatable bonds is 5. The van der Waals surface area contributed by atoms with Crippen molar-refractivity contribution in [1.82, 2.24) is 5.32 Å². The summed E-state index contributed by atoms with van der Waals surface area (Å²) in [5.74, 6) is -2.98. The van der Waals surface area contributed by atoms with Gasteiger partial charge >= 0.3 is 5.69 Å². The summed E-state index contributed by atoms with van der Waals surface area (Å²) in [6, 6.07) is 0.813. The van der Waals surface area contributed by atoms with Crippen molar-refractivity contribution in [2.24, 2.45) is 11.7 Å². The minimum Gasteiger partial charge on any atom is -0.350 e. The van der Waals surface area contributed by atoms with Gasteiger partial charge in [0.25, 0.3) is 5.91 Å². The van der Waals surface area contributed by atoms with Crippen molar-refractivity contribution in [2.75, 3.05) is 6.54 Å². The van der Waals surface area contributed by atoms with E-state index < -0.39 is 33.7 Å². The predicted octanol–water partition coefficient (Wildman–Crippen LogP) is 1.34. The highest BCUT2D eigenvalue weighted by Gasteiger charge is 2.29. The molecule has 0 aliphatic heterocycles. The highest BCUT2D eigenvalue weighted by atomic mass is 19.1. The maximum absolute atomic E-state index is 13.7. The Hall–Kier alpha value is -2.09. The summed E-state index contributed by atoms with van der Waals surface area (Å²) in [5.41, 5.74) is 4.00. The molecule has 1 fully saturated rings. The van der Waals surface area contributed by atoms with Gasteiger partial charge in [0, 0.05) is 12.6 Å². The highest BCUT2D eigenvalue weighted by molar-refractivity contribution is 5.95. The van der Waals surface area contributed by atoms with Gasteiger partial charge in [-0.1, -0.05) is 0 Å². The van der Waals surface area contributed by atoms with Crippen molar-refractivity contribution >= 4 is 11.6 Å². The number of amides is 1. The zero-order valence-electron chi connectivity index (χ0n) is 10.4. The molecule has 1 aromatic carbocycles. The van der Waals surface area contributed by atoms with Crippen LogP contribution < -0.4 is 11.1 Å². The molecule has 0 radical (unpaired) electrons. The number of nitrogens with zero attached hydrogens (tertiary/aromatic N) is 1. The third-order valence-electron chi connectivity index (χ3n) is 3.19. The summed E-state index contributed by atoms with van der Waals surface area (Å²) < 4.78 is 26.9. The highest BCUT2D eigenvalue weighted by Crippen LogP contribution is 2.31. The Labute approximate surface area is 113 Å². The molecule has 1 aliphatic rings. The van der Waals surface area contributed by atoms with E-state index in [1.165, 1.54) is 0 Å². The second-order valence-electron chi connectivity index (χ2n) is 4.75. The molecule has 0 saturated heterocycles. The summed E-state index contributed by atoms with van der Waals surface area (Å²) in [7, 11) is 0. The van der Waals surface area contributed by atoms with Crippen LogP contribution in [0.5, 0.6) is 0 Å². The van der Waals surface area contributed by atoms with Gasteiger partial charge in [0.1, 0.15) is 5.82 Å². The van der Waals surface area contributed by atoms with E-state index in [4.69, 9.17) is 5.73 Å². The van der Waals surface area contributed by atoms with Crippen LogP contribution in [-0.2, 0) is 0 Å². The van der Waals surface area contributed by atoms with Gasteiger partial charge in [-0.2, -0.15) is 4.39 Å².